The average molecular weight is 212 g/mol. The molecule has 88 valence electrons. The lowest BCUT2D eigenvalue weighted by atomic mass is 10.1. The first-order valence-electron chi connectivity index (χ1n) is 6.13. The summed E-state index contributed by atoms with van der Waals surface area (Å²) in [7, 11) is 0. The fourth-order valence-electron chi connectivity index (χ4n) is 1.88. The molecule has 1 rings (SSSR count). The van der Waals surface area contributed by atoms with Crippen molar-refractivity contribution in [2.75, 3.05) is 13.1 Å². The minimum atomic E-state index is 0.177. The van der Waals surface area contributed by atoms with Crippen LogP contribution in [0.2, 0.25) is 0 Å². The van der Waals surface area contributed by atoms with Crippen molar-refractivity contribution in [1.82, 2.24) is 10.6 Å². The normalized spacial score (nSPS) is 19.7. The van der Waals surface area contributed by atoms with E-state index < -0.39 is 0 Å². The molecule has 3 nitrogen and oxygen atoms in total. The van der Waals surface area contributed by atoms with E-state index in [0.717, 1.165) is 19.0 Å². The van der Waals surface area contributed by atoms with E-state index in [2.05, 4.69) is 24.5 Å². The summed E-state index contributed by atoms with van der Waals surface area (Å²) in [6.45, 7) is 8.11. The van der Waals surface area contributed by atoms with Gasteiger partial charge in [0.05, 0.1) is 0 Å². The van der Waals surface area contributed by atoms with Gasteiger partial charge in [-0.3, -0.25) is 4.79 Å². The number of hydrogen-bond donors (Lipinski definition) is 2. The van der Waals surface area contributed by atoms with Crippen LogP contribution in [0, 0.1) is 11.8 Å². The SMILES string of the molecule is CCNC(C)CC(=O)NCC(C)C1CC1. The first-order valence-corrected chi connectivity index (χ1v) is 6.13. The summed E-state index contributed by atoms with van der Waals surface area (Å²) in [4.78, 5) is 11.5. The van der Waals surface area contributed by atoms with Gasteiger partial charge in [-0.15, -0.1) is 0 Å². The molecule has 0 heterocycles. The molecule has 0 aromatic rings. The molecule has 3 heteroatoms. The molecule has 1 fully saturated rings. The van der Waals surface area contributed by atoms with Crippen LogP contribution in [-0.2, 0) is 4.79 Å². The molecule has 15 heavy (non-hydrogen) atoms. The first kappa shape index (κ1) is 12.5. The van der Waals surface area contributed by atoms with Crippen molar-refractivity contribution >= 4 is 5.91 Å². The second-order valence-corrected chi connectivity index (χ2v) is 4.78. The van der Waals surface area contributed by atoms with Gasteiger partial charge in [-0.25, -0.2) is 0 Å². The third-order valence-corrected chi connectivity index (χ3v) is 3.09. The van der Waals surface area contributed by atoms with Gasteiger partial charge >= 0.3 is 0 Å². The third-order valence-electron chi connectivity index (χ3n) is 3.09. The Kier molecular flexibility index (Phi) is 5.09. The van der Waals surface area contributed by atoms with Crippen LogP contribution in [0.1, 0.15) is 40.0 Å². The van der Waals surface area contributed by atoms with Crippen LogP contribution >= 0.6 is 0 Å². The highest BCUT2D eigenvalue weighted by molar-refractivity contribution is 5.76. The van der Waals surface area contributed by atoms with Crippen molar-refractivity contribution in [3.8, 4) is 0 Å². The number of carbonyl (C=O) groups excluding carboxylic acids is 1. The number of carbonyl (C=O) groups is 1. The molecule has 2 N–H and O–H groups in total. The van der Waals surface area contributed by atoms with Crippen molar-refractivity contribution in [3.05, 3.63) is 0 Å². The predicted molar refractivity (Wildman–Crippen MR) is 62.7 cm³/mol. The van der Waals surface area contributed by atoms with Gasteiger partial charge in [-0.2, -0.15) is 0 Å². The molecule has 0 aromatic carbocycles. The maximum atomic E-state index is 11.5. The maximum Gasteiger partial charge on any atom is 0.221 e. The molecular formula is C12H24N2O. The molecule has 0 aliphatic heterocycles. The van der Waals surface area contributed by atoms with Crippen molar-refractivity contribution in [2.45, 2.75) is 46.1 Å². The number of hydrogen-bond acceptors (Lipinski definition) is 2. The zero-order chi connectivity index (χ0) is 11.3. The Bertz CT molecular complexity index is 202. The summed E-state index contributed by atoms with van der Waals surface area (Å²) in [5.74, 6) is 1.70. The van der Waals surface area contributed by atoms with Crippen LogP contribution in [0.15, 0.2) is 0 Å². The predicted octanol–water partition coefficient (Wildman–Crippen LogP) is 1.54. The van der Waals surface area contributed by atoms with Crippen LogP contribution < -0.4 is 10.6 Å². The lowest BCUT2D eigenvalue weighted by molar-refractivity contribution is -0.121. The van der Waals surface area contributed by atoms with Gasteiger partial charge in [0.25, 0.3) is 0 Å². The van der Waals surface area contributed by atoms with Crippen LogP contribution in [-0.4, -0.2) is 25.0 Å². The van der Waals surface area contributed by atoms with Crippen molar-refractivity contribution < 1.29 is 4.79 Å². The van der Waals surface area contributed by atoms with Crippen LogP contribution in [0.3, 0.4) is 0 Å². The quantitative estimate of drug-likeness (QED) is 0.672. The molecule has 0 aromatic heterocycles. The third kappa shape index (κ3) is 5.17. The molecule has 1 saturated carbocycles. The Hall–Kier alpha value is -0.570. The molecule has 0 bridgehead atoms. The van der Waals surface area contributed by atoms with Gasteiger partial charge < -0.3 is 10.6 Å². The molecule has 1 aliphatic carbocycles. The van der Waals surface area contributed by atoms with Crippen LogP contribution in [0.25, 0.3) is 0 Å². The molecule has 1 amide bonds. The molecule has 2 unspecified atom stereocenters. The zero-order valence-electron chi connectivity index (χ0n) is 10.2. The van der Waals surface area contributed by atoms with Gasteiger partial charge in [-0.1, -0.05) is 13.8 Å². The largest absolute Gasteiger partial charge is 0.356 e. The second kappa shape index (κ2) is 6.11. The first-order chi connectivity index (χ1) is 7.13. The fraction of sp³-hybridized carbons (Fsp3) is 0.917. The van der Waals surface area contributed by atoms with Crippen LogP contribution in [0.4, 0.5) is 0 Å². The van der Waals surface area contributed by atoms with Crippen molar-refractivity contribution in [1.29, 1.82) is 0 Å². The summed E-state index contributed by atoms with van der Waals surface area (Å²) < 4.78 is 0. The lowest BCUT2D eigenvalue weighted by Gasteiger charge is -2.14. The minimum absolute atomic E-state index is 0.177. The summed E-state index contributed by atoms with van der Waals surface area (Å²) in [5.41, 5.74) is 0. The molecule has 2 atom stereocenters. The Labute approximate surface area is 93.0 Å². The molecular weight excluding hydrogens is 188 g/mol. The van der Waals surface area contributed by atoms with E-state index in [9.17, 15) is 4.79 Å². The number of rotatable bonds is 7. The highest BCUT2D eigenvalue weighted by Gasteiger charge is 2.27. The number of nitrogens with one attached hydrogen (secondary N) is 2. The summed E-state index contributed by atoms with van der Waals surface area (Å²) in [6.07, 6.45) is 3.29. The smallest absolute Gasteiger partial charge is 0.221 e. The zero-order valence-corrected chi connectivity index (χ0v) is 10.2. The van der Waals surface area contributed by atoms with E-state index in [1.165, 1.54) is 12.8 Å². The van der Waals surface area contributed by atoms with Crippen molar-refractivity contribution in [2.24, 2.45) is 11.8 Å². The van der Waals surface area contributed by atoms with E-state index in [4.69, 9.17) is 0 Å². The Morgan fingerprint density at radius 2 is 2.07 bits per heavy atom. The van der Waals surface area contributed by atoms with Gasteiger partial charge in [-0.05, 0) is 38.1 Å². The van der Waals surface area contributed by atoms with E-state index in [-0.39, 0.29) is 11.9 Å². The standard InChI is InChI=1S/C12H24N2O/c1-4-13-10(3)7-12(15)14-8-9(2)11-5-6-11/h9-11,13H,4-8H2,1-3H3,(H,14,15). The van der Waals surface area contributed by atoms with E-state index in [0.29, 0.717) is 12.3 Å². The Morgan fingerprint density at radius 3 is 2.60 bits per heavy atom. The highest BCUT2D eigenvalue weighted by atomic mass is 16.1. The van der Waals surface area contributed by atoms with Crippen molar-refractivity contribution in [3.63, 3.8) is 0 Å². The van der Waals surface area contributed by atoms with E-state index >= 15 is 0 Å². The Morgan fingerprint density at radius 1 is 1.40 bits per heavy atom. The monoisotopic (exact) mass is 212 g/mol. The lowest BCUT2D eigenvalue weighted by Crippen LogP contribution is -2.35. The topological polar surface area (TPSA) is 41.1 Å². The average Bonchev–Trinajstić information content (AvgIpc) is 2.97. The van der Waals surface area contributed by atoms with Gasteiger partial charge in [0.2, 0.25) is 5.91 Å². The summed E-state index contributed by atoms with van der Waals surface area (Å²) >= 11 is 0. The molecule has 0 radical (unpaired) electrons. The molecule has 1 aliphatic rings. The van der Waals surface area contributed by atoms with E-state index in [1.54, 1.807) is 0 Å². The summed E-state index contributed by atoms with van der Waals surface area (Å²) in [5, 5.41) is 6.25. The summed E-state index contributed by atoms with van der Waals surface area (Å²) in [6, 6.07) is 0.284. The van der Waals surface area contributed by atoms with Gasteiger partial charge in [0.15, 0.2) is 0 Å². The van der Waals surface area contributed by atoms with E-state index in [1.807, 2.05) is 6.92 Å². The number of amides is 1. The van der Waals surface area contributed by atoms with Gasteiger partial charge in [0, 0.05) is 19.0 Å². The molecule has 0 saturated heterocycles. The Balaban J connectivity index is 2.06. The maximum absolute atomic E-state index is 11.5. The highest BCUT2D eigenvalue weighted by Crippen LogP contribution is 2.35. The fourth-order valence-corrected chi connectivity index (χ4v) is 1.88. The van der Waals surface area contributed by atoms with Crippen LogP contribution in [0.5, 0.6) is 0 Å². The van der Waals surface area contributed by atoms with Gasteiger partial charge in [0.1, 0.15) is 0 Å². The molecule has 0 spiro atoms. The minimum Gasteiger partial charge on any atom is -0.356 e. The second-order valence-electron chi connectivity index (χ2n) is 4.78.